The van der Waals surface area contributed by atoms with Gasteiger partial charge in [0.1, 0.15) is 11.4 Å². The summed E-state index contributed by atoms with van der Waals surface area (Å²) < 4.78 is 0. The van der Waals surface area contributed by atoms with Crippen molar-refractivity contribution in [2.45, 2.75) is 19.0 Å². The Hall–Kier alpha value is -3.36. The molecule has 4 aromatic rings. The van der Waals surface area contributed by atoms with E-state index in [0.29, 0.717) is 23.2 Å². The predicted octanol–water partition coefficient (Wildman–Crippen LogP) is 2.49. The maximum Gasteiger partial charge on any atom is 0.261 e. The molecular weight excluding hydrogens is 402 g/mol. The molecule has 8 nitrogen and oxygen atoms in total. The molecule has 2 aromatic carbocycles. The predicted molar refractivity (Wildman–Crippen MR) is 129 cm³/mol. The van der Waals surface area contributed by atoms with Crippen LogP contribution in [0, 0.1) is 0 Å². The number of nitrogens with one attached hydrogen (secondary N) is 3. The minimum absolute atomic E-state index is 0.239. The van der Waals surface area contributed by atoms with Crippen molar-refractivity contribution in [1.82, 2.24) is 25.2 Å². The molecular formula is C24H27N7O. The van der Waals surface area contributed by atoms with Crippen LogP contribution < -0.4 is 21.5 Å². The molecule has 0 aliphatic carbocycles. The summed E-state index contributed by atoms with van der Waals surface area (Å²) in [5.74, 6) is 0.499. The van der Waals surface area contributed by atoms with Crippen LogP contribution in [0.1, 0.15) is 12.8 Å². The fraction of sp³-hybridized carbons (Fsp3) is 0.333. The molecule has 164 valence electrons. The van der Waals surface area contributed by atoms with Gasteiger partial charge < -0.3 is 25.9 Å². The Morgan fingerprint density at radius 1 is 1.00 bits per heavy atom. The molecule has 8 heteroatoms. The molecule has 2 saturated heterocycles. The highest BCUT2D eigenvalue weighted by molar-refractivity contribution is 5.97. The largest absolute Gasteiger partial charge is 0.397 e. The van der Waals surface area contributed by atoms with Crippen molar-refractivity contribution in [2.24, 2.45) is 0 Å². The summed E-state index contributed by atoms with van der Waals surface area (Å²) in [6, 6.07) is 13.8. The van der Waals surface area contributed by atoms with Crippen LogP contribution in [0.2, 0.25) is 0 Å². The number of hydrogen-bond donors (Lipinski definition) is 4. The number of nitrogen functional groups attached to an aromatic ring is 1. The fourth-order valence-corrected chi connectivity index (χ4v) is 5.09. The van der Waals surface area contributed by atoms with E-state index in [4.69, 9.17) is 5.73 Å². The number of nitrogens with zero attached hydrogens (tertiary/aromatic N) is 3. The van der Waals surface area contributed by atoms with Gasteiger partial charge in [0.05, 0.1) is 28.4 Å². The van der Waals surface area contributed by atoms with Crippen LogP contribution >= 0.6 is 0 Å². The zero-order chi connectivity index (χ0) is 21.7. The Bertz CT molecular complexity index is 1340. The second-order valence-corrected chi connectivity index (χ2v) is 8.71. The number of rotatable bonds is 3. The summed E-state index contributed by atoms with van der Waals surface area (Å²) in [4.78, 5) is 28.7. The third-order valence-corrected chi connectivity index (χ3v) is 6.82. The summed E-state index contributed by atoms with van der Waals surface area (Å²) in [6.45, 7) is 5.26. The summed E-state index contributed by atoms with van der Waals surface area (Å²) in [7, 11) is 0. The highest BCUT2D eigenvalue weighted by Crippen LogP contribution is 2.29. The molecule has 0 spiro atoms. The second kappa shape index (κ2) is 7.65. The molecule has 0 amide bonds. The van der Waals surface area contributed by atoms with E-state index in [1.54, 1.807) is 0 Å². The third-order valence-electron chi connectivity index (χ3n) is 6.82. The molecule has 5 N–H and O–H groups in total. The van der Waals surface area contributed by atoms with Crippen LogP contribution in [0.4, 0.5) is 11.4 Å². The molecule has 6 rings (SSSR count). The molecule has 2 aliphatic rings. The smallest absolute Gasteiger partial charge is 0.261 e. The molecule has 0 bridgehead atoms. The lowest BCUT2D eigenvalue weighted by Gasteiger charge is -2.39. The first-order valence-electron chi connectivity index (χ1n) is 11.3. The number of imidazole rings is 1. The summed E-state index contributed by atoms with van der Waals surface area (Å²) >= 11 is 0. The van der Waals surface area contributed by atoms with Crippen LogP contribution in [0.15, 0.2) is 47.3 Å². The summed E-state index contributed by atoms with van der Waals surface area (Å²) in [5, 5.41) is 4.42. The average Bonchev–Trinajstić information content (AvgIpc) is 3.49. The number of benzene rings is 2. The minimum Gasteiger partial charge on any atom is -0.397 e. The summed E-state index contributed by atoms with van der Waals surface area (Å²) in [6.07, 6.45) is 3.06. The number of nitrogens with two attached hydrogens (primary N) is 1. The molecule has 1 unspecified atom stereocenters. The minimum atomic E-state index is -0.239. The number of hydrogen-bond acceptors (Lipinski definition) is 6. The maximum atomic E-state index is 12.8. The van der Waals surface area contributed by atoms with Gasteiger partial charge in [-0.25, -0.2) is 4.98 Å². The number of fused-ring (bicyclic) bond motifs is 2. The average molecular weight is 430 g/mol. The van der Waals surface area contributed by atoms with Gasteiger partial charge in [-0.2, -0.15) is 0 Å². The Balaban J connectivity index is 1.30. The first-order valence-corrected chi connectivity index (χ1v) is 11.3. The van der Waals surface area contributed by atoms with Crippen molar-refractivity contribution in [3.05, 3.63) is 52.8 Å². The molecule has 1 atom stereocenters. The fourth-order valence-electron chi connectivity index (χ4n) is 5.09. The molecule has 2 aliphatic heterocycles. The quantitative estimate of drug-likeness (QED) is 0.399. The molecule has 0 radical (unpaired) electrons. The monoisotopic (exact) mass is 429 g/mol. The second-order valence-electron chi connectivity index (χ2n) is 8.71. The van der Waals surface area contributed by atoms with E-state index < -0.39 is 0 Å². The maximum absolute atomic E-state index is 12.8. The Morgan fingerprint density at radius 3 is 2.66 bits per heavy atom. The van der Waals surface area contributed by atoms with Gasteiger partial charge in [0.25, 0.3) is 5.56 Å². The number of aromatic nitrogens is 3. The molecule has 2 fully saturated rings. The van der Waals surface area contributed by atoms with Gasteiger partial charge >= 0.3 is 0 Å². The van der Waals surface area contributed by atoms with Crippen LogP contribution in [0.5, 0.6) is 0 Å². The van der Waals surface area contributed by atoms with Crippen molar-refractivity contribution >= 4 is 33.3 Å². The van der Waals surface area contributed by atoms with Crippen molar-refractivity contribution in [3.8, 4) is 11.4 Å². The Labute approximate surface area is 185 Å². The van der Waals surface area contributed by atoms with E-state index in [1.807, 2.05) is 30.3 Å². The van der Waals surface area contributed by atoms with Crippen molar-refractivity contribution in [1.29, 1.82) is 0 Å². The Kier molecular flexibility index (Phi) is 4.62. The van der Waals surface area contributed by atoms with E-state index in [2.05, 4.69) is 42.2 Å². The third kappa shape index (κ3) is 3.23. The first-order chi connectivity index (χ1) is 15.7. The molecule has 32 heavy (non-hydrogen) atoms. The van der Waals surface area contributed by atoms with Gasteiger partial charge in [-0.1, -0.05) is 18.2 Å². The van der Waals surface area contributed by atoms with Gasteiger partial charge in [-0.05, 0) is 43.7 Å². The van der Waals surface area contributed by atoms with Gasteiger partial charge in [-0.3, -0.25) is 9.69 Å². The van der Waals surface area contributed by atoms with Crippen molar-refractivity contribution < 1.29 is 0 Å². The summed E-state index contributed by atoms with van der Waals surface area (Å²) in [5.41, 5.74) is 10.6. The van der Waals surface area contributed by atoms with Crippen LogP contribution in [0.25, 0.3) is 33.3 Å². The highest BCUT2D eigenvalue weighted by Gasteiger charge is 2.26. The molecule has 4 heterocycles. The van der Waals surface area contributed by atoms with Crippen molar-refractivity contribution in [3.63, 3.8) is 0 Å². The molecule has 0 saturated carbocycles. The number of pyridine rings is 1. The topological polar surface area (TPSA) is 106 Å². The van der Waals surface area contributed by atoms with E-state index >= 15 is 0 Å². The van der Waals surface area contributed by atoms with Crippen LogP contribution in [0.3, 0.4) is 0 Å². The normalized spacial score (nSPS) is 19.9. The van der Waals surface area contributed by atoms with E-state index in [1.165, 1.54) is 18.5 Å². The van der Waals surface area contributed by atoms with Gasteiger partial charge in [0.15, 0.2) is 0 Å². The zero-order valence-electron chi connectivity index (χ0n) is 17.9. The van der Waals surface area contributed by atoms with Crippen LogP contribution in [-0.4, -0.2) is 58.7 Å². The van der Waals surface area contributed by atoms with Gasteiger partial charge in [-0.15, -0.1) is 0 Å². The van der Waals surface area contributed by atoms with E-state index in [-0.39, 0.29) is 5.56 Å². The zero-order valence-corrected chi connectivity index (χ0v) is 17.9. The van der Waals surface area contributed by atoms with E-state index in [9.17, 15) is 4.79 Å². The van der Waals surface area contributed by atoms with Gasteiger partial charge in [0.2, 0.25) is 0 Å². The lowest BCUT2D eigenvalue weighted by atomic mass is 10.1. The van der Waals surface area contributed by atoms with E-state index in [0.717, 1.165) is 54.7 Å². The Morgan fingerprint density at radius 2 is 1.84 bits per heavy atom. The van der Waals surface area contributed by atoms with Crippen LogP contribution in [-0.2, 0) is 0 Å². The lowest BCUT2D eigenvalue weighted by Crippen LogP contribution is -2.53. The standard InChI is InChI=1S/C24H27N7O/c25-22-16-4-1-2-5-17(16)29-24(32)21(22)23-27-18-8-7-15(14-19(18)28-23)30-10-12-31(13-11-30)20-6-3-9-26-20/h1-2,4-5,7-8,14,20,26H,3,6,9-13H2,(H,27,28)(H3,25,29,32). The number of aromatic amines is 2. The van der Waals surface area contributed by atoms with Crippen molar-refractivity contribution in [2.75, 3.05) is 43.4 Å². The number of anilines is 2. The highest BCUT2D eigenvalue weighted by atomic mass is 16.1. The number of H-pyrrole nitrogens is 2. The number of para-hydroxylation sites is 1. The SMILES string of the molecule is Nc1c(-c2nc3ccc(N4CCN(C5CCCN5)CC4)cc3[nH]2)c(=O)[nH]c2ccccc12. The lowest BCUT2D eigenvalue weighted by molar-refractivity contribution is 0.171. The number of piperazine rings is 1. The van der Waals surface area contributed by atoms with Gasteiger partial charge in [0, 0.05) is 37.3 Å². The first kappa shape index (κ1) is 19.3. The molecule has 2 aromatic heterocycles.